The second-order valence-electron chi connectivity index (χ2n) is 18.3. The molecule has 2 unspecified atom stereocenters. The van der Waals surface area contributed by atoms with Crippen LogP contribution in [-0.4, -0.2) is 0 Å². The van der Waals surface area contributed by atoms with E-state index in [0.29, 0.717) is 0 Å². The fraction of sp³-hybridized carbons (Fsp3) is 0.407. The molecule has 290 valence electrons. The molecule has 0 saturated carbocycles. The number of benzene rings is 5. The molecule has 2 heterocycles. The van der Waals surface area contributed by atoms with Crippen molar-refractivity contribution in [2.75, 3.05) is 0 Å². The second kappa shape index (κ2) is 17.4. The summed E-state index contributed by atoms with van der Waals surface area (Å²) in [6.45, 7) is 14.2. The number of rotatable bonds is 16. The average Bonchev–Trinajstić information content (AvgIpc) is 3.76. The SMILES string of the molecule is CC(C)CCCC(C)CCc1ccc(C2=Cc3c(ccc4c3sc3c5ccc6ccc(-c7ccc(CCC(C)CCCC(C)C)cc7)cc6c5sc43)CC2)cc1. The second-order valence-corrected chi connectivity index (χ2v) is 20.3. The molecule has 2 heteroatoms. The Morgan fingerprint density at radius 1 is 0.464 bits per heavy atom. The molecule has 56 heavy (non-hydrogen) atoms. The summed E-state index contributed by atoms with van der Waals surface area (Å²) in [5.74, 6) is 3.24. The third kappa shape index (κ3) is 8.73. The van der Waals surface area contributed by atoms with E-state index in [1.807, 2.05) is 22.7 Å². The molecule has 2 aromatic heterocycles. The number of fused-ring (bicyclic) bond motifs is 9. The van der Waals surface area contributed by atoms with Crippen LogP contribution in [0.25, 0.3) is 63.1 Å². The molecule has 0 bridgehead atoms. The summed E-state index contributed by atoms with van der Waals surface area (Å²) in [4.78, 5) is 0. The first kappa shape index (κ1) is 39.1. The van der Waals surface area contributed by atoms with Crippen LogP contribution in [0.15, 0.2) is 91.0 Å². The van der Waals surface area contributed by atoms with Gasteiger partial charge in [-0.05, 0) is 124 Å². The third-order valence-electron chi connectivity index (χ3n) is 12.8. The van der Waals surface area contributed by atoms with Gasteiger partial charge in [-0.2, -0.15) is 0 Å². The van der Waals surface area contributed by atoms with Crippen LogP contribution < -0.4 is 0 Å². The van der Waals surface area contributed by atoms with Crippen LogP contribution in [-0.2, 0) is 19.3 Å². The Kier molecular flexibility index (Phi) is 12.2. The Morgan fingerprint density at radius 3 is 1.62 bits per heavy atom. The Hall–Kier alpha value is -3.72. The predicted molar refractivity (Wildman–Crippen MR) is 253 cm³/mol. The minimum atomic E-state index is 0.796. The lowest BCUT2D eigenvalue weighted by Crippen LogP contribution is -2.00. The van der Waals surface area contributed by atoms with Gasteiger partial charge in [0, 0.05) is 25.6 Å². The highest BCUT2D eigenvalue weighted by Gasteiger charge is 2.20. The van der Waals surface area contributed by atoms with Crippen LogP contribution in [0.2, 0.25) is 0 Å². The van der Waals surface area contributed by atoms with Crippen LogP contribution in [0.4, 0.5) is 0 Å². The van der Waals surface area contributed by atoms with Crippen LogP contribution in [0.5, 0.6) is 0 Å². The van der Waals surface area contributed by atoms with E-state index in [1.165, 1.54) is 149 Å². The van der Waals surface area contributed by atoms with E-state index in [1.54, 1.807) is 0 Å². The zero-order valence-electron chi connectivity index (χ0n) is 34.8. The standard InChI is InChI=1S/C54H62S2/c1-35(2)9-7-11-37(5)13-15-39-17-21-41(22-18-39)45-27-25-43-29-31-47-51(49(43)33-45)55-54-48-32-30-44-26-28-46(34-50(44)52(48)56-53(47)54)42-23-19-40(20-24-42)16-14-38(6)12-8-10-36(3)4/h17-25,27,29-38H,7-16,26,28H2,1-6H3. The summed E-state index contributed by atoms with van der Waals surface area (Å²) in [5.41, 5.74) is 11.4. The summed E-state index contributed by atoms with van der Waals surface area (Å²) in [7, 11) is 0. The molecule has 7 aromatic rings. The van der Waals surface area contributed by atoms with Gasteiger partial charge in [-0.25, -0.2) is 0 Å². The highest BCUT2D eigenvalue weighted by molar-refractivity contribution is 7.37. The summed E-state index contributed by atoms with van der Waals surface area (Å²) < 4.78 is 5.79. The smallest absolute Gasteiger partial charge is 0.0542 e. The van der Waals surface area contributed by atoms with E-state index in [4.69, 9.17) is 0 Å². The third-order valence-corrected chi connectivity index (χ3v) is 15.4. The molecule has 8 rings (SSSR count). The van der Waals surface area contributed by atoms with E-state index < -0.39 is 0 Å². The highest BCUT2D eigenvalue weighted by atomic mass is 32.1. The molecule has 1 aliphatic carbocycles. The molecule has 0 radical (unpaired) electrons. The van der Waals surface area contributed by atoms with E-state index >= 15 is 0 Å². The van der Waals surface area contributed by atoms with Gasteiger partial charge in [-0.15, -0.1) is 22.7 Å². The Morgan fingerprint density at radius 2 is 1.00 bits per heavy atom. The van der Waals surface area contributed by atoms with Crippen molar-refractivity contribution in [2.45, 2.75) is 119 Å². The zero-order valence-corrected chi connectivity index (χ0v) is 36.5. The number of aryl methyl sites for hydroxylation is 3. The molecule has 2 atom stereocenters. The average molecular weight is 775 g/mol. The van der Waals surface area contributed by atoms with E-state index in [-0.39, 0.29) is 0 Å². The lowest BCUT2D eigenvalue weighted by molar-refractivity contribution is 0.437. The Bertz CT molecular complexity index is 2450. The van der Waals surface area contributed by atoms with Crippen molar-refractivity contribution < 1.29 is 0 Å². The number of thiophene rings is 2. The fourth-order valence-corrected chi connectivity index (χ4v) is 12.0. The van der Waals surface area contributed by atoms with Crippen molar-refractivity contribution >= 4 is 74.7 Å². The van der Waals surface area contributed by atoms with Crippen molar-refractivity contribution in [1.82, 2.24) is 0 Å². The summed E-state index contributed by atoms with van der Waals surface area (Å²) in [6, 6.07) is 35.6. The first-order chi connectivity index (χ1) is 27.2. The number of allylic oxidation sites excluding steroid dienone is 1. The zero-order chi connectivity index (χ0) is 38.8. The first-order valence-electron chi connectivity index (χ1n) is 21.9. The Balaban J connectivity index is 1.01. The van der Waals surface area contributed by atoms with Crippen LogP contribution in [0.1, 0.15) is 127 Å². The van der Waals surface area contributed by atoms with Crippen molar-refractivity contribution in [1.29, 1.82) is 0 Å². The normalized spacial score (nSPS) is 14.4. The van der Waals surface area contributed by atoms with E-state index in [2.05, 4.69) is 139 Å². The van der Waals surface area contributed by atoms with Crippen LogP contribution >= 0.6 is 22.7 Å². The molecule has 0 fully saturated rings. The molecule has 0 N–H and O–H groups in total. The topological polar surface area (TPSA) is 0 Å². The quantitative estimate of drug-likeness (QED) is 0.0917. The van der Waals surface area contributed by atoms with Gasteiger partial charge >= 0.3 is 0 Å². The van der Waals surface area contributed by atoms with Crippen molar-refractivity contribution in [3.8, 4) is 11.1 Å². The molecule has 0 spiro atoms. The van der Waals surface area contributed by atoms with Crippen LogP contribution in [0, 0.1) is 23.7 Å². The maximum absolute atomic E-state index is 2.52. The maximum Gasteiger partial charge on any atom is 0.0542 e. The summed E-state index contributed by atoms with van der Waals surface area (Å²) >= 11 is 4.02. The van der Waals surface area contributed by atoms with Gasteiger partial charge in [0.2, 0.25) is 0 Å². The molecule has 0 nitrogen and oxygen atoms in total. The monoisotopic (exact) mass is 774 g/mol. The number of hydrogen-bond donors (Lipinski definition) is 0. The van der Waals surface area contributed by atoms with Gasteiger partial charge in [-0.3, -0.25) is 0 Å². The predicted octanol–water partition coefficient (Wildman–Crippen LogP) is 17.4. The molecule has 1 aliphatic rings. The van der Waals surface area contributed by atoms with Gasteiger partial charge in [0.05, 0.1) is 9.40 Å². The first-order valence-corrected chi connectivity index (χ1v) is 23.6. The summed E-state index contributed by atoms with van der Waals surface area (Å²) in [6.07, 6.45) is 17.8. The Labute approximate surface area is 345 Å². The van der Waals surface area contributed by atoms with Gasteiger partial charge < -0.3 is 0 Å². The highest BCUT2D eigenvalue weighted by Crippen LogP contribution is 2.49. The van der Waals surface area contributed by atoms with E-state index in [9.17, 15) is 0 Å². The molecule has 0 aliphatic heterocycles. The number of hydrogen-bond acceptors (Lipinski definition) is 2. The molecule has 0 saturated heterocycles. The molecular weight excluding hydrogens is 713 g/mol. The van der Waals surface area contributed by atoms with Gasteiger partial charge in [0.25, 0.3) is 0 Å². The minimum absolute atomic E-state index is 0.796. The lowest BCUT2D eigenvalue weighted by atomic mass is 9.87. The molecular formula is C54H62S2. The molecule has 5 aromatic carbocycles. The lowest BCUT2D eigenvalue weighted by Gasteiger charge is -2.18. The molecule has 0 amide bonds. The van der Waals surface area contributed by atoms with Crippen LogP contribution in [0.3, 0.4) is 0 Å². The minimum Gasteiger partial charge on any atom is -0.133 e. The van der Waals surface area contributed by atoms with E-state index in [0.717, 1.165) is 36.5 Å². The fourth-order valence-electron chi connectivity index (χ4n) is 9.07. The van der Waals surface area contributed by atoms with Crippen molar-refractivity contribution in [3.05, 3.63) is 119 Å². The van der Waals surface area contributed by atoms with Crippen molar-refractivity contribution in [2.24, 2.45) is 23.7 Å². The summed E-state index contributed by atoms with van der Waals surface area (Å²) in [5, 5.41) is 5.54. The largest absolute Gasteiger partial charge is 0.133 e. The van der Waals surface area contributed by atoms with Gasteiger partial charge in [0.15, 0.2) is 0 Å². The maximum atomic E-state index is 2.52. The van der Waals surface area contributed by atoms with Gasteiger partial charge in [-0.1, -0.05) is 165 Å². The van der Waals surface area contributed by atoms with Crippen molar-refractivity contribution in [3.63, 3.8) is 0 Å². The van der Waals surface area contributed by atoms with Gasteiger partial charge in [0.1, 0.15) is 0 Å².